The first kappa shape index (κ1) is 15.6. The third kappa shape index (κ3) is 3.66. The molecule has 5 nitrogen and oxygen atoms in total. The van der Waals surface area contributed by atoms with Crippen LogP contribution in [-0.4, -0.2) is 23.5 Å². The Bertz CT molecular complexity index is 634. The maximum absolute atomic E-state index is 12.0. The Labute approximate surface area is 139 Å². The summed E-state index contributed by atoms with van der Waals surface area (Å²) in [5, 5.41) is 4.55. The zero-order valence-electron chi connectivity index (χ0n) is 10.1. The largest absolute Gasteiger partial charge is 0.461 e. The summed E-state index contributed by atoms with van der Waals surface area (Å²) in [7, 11) is 0. The predicted molar refractivity (Wildman–Crippen MR) is 85.7 cm³/mol. The van der Waals surface area contributed by atoms with Gasteiger partial charge in [-0.05, 0) is 44.8 Å². The number of amides is 1. The minimum atomic E-state index is -0.495. The molecular weight excluding hydrogens is 432 g/mol. The van der Waals surface area contributed by atoms with E-state index < -0.39 is 5.97 Å². The van der Waals surface area contributed by atoms with Crippen LogP contribution in [0.1, 0.15) is 27.1 Å². The van der Waals surface area contributed by atoms with Gasteiger partial charge in [0.1, 0.15) is 0 Å². The lowest BCUT2D eigenvalue weighted by Crippen LogP contribution is -2.10. The Morgan fingerprint density at radius 3 is 2.80 bits per heavy atom. The predicted octanol–water partition coefficient (Wildman–Crippen LogP) is 4.16. The van der Waals surface area contributed by atoms with E-state index in [0.717, 1.165) is 8.26 Å². The SMILES string of the molecule is CCOC(=O)c1csc(NC(=O)c2cc(Br)c(Br)s2)n1. The van der Waals surface area contributed by atoms with Gasteiger partial charge in [-0.3, -0.25) is 10.1 Å². The monoisotopic (exact) mass is 438 g/mol. The van der Waals surface area contributed by atoms with Crippen molar-refractivity contribution in [2.75, 3.05) is 11.9 Å². The fourth-order valence-electron chi connectivity index (χ4n) is 1.25. The summed E-state index contributed by atoms with van der Waals surface area (Å²) < 4.78 is 6.49. The van der Waals surface area contributed by atoms with Crippen LogP contribution in [0.15, 0.2) is 19.7 Å². The molecule has 1 amide bonds. The minimum Gasteiger partial charge on any atom is -0.461 e. The van der Waals surface area contributed by atoms with Crippen molar-refractivity contribution in [3.63, 3.8) is 0 Å². The van der Waals surface area contributed by atoms with Crippen LogP contribution in [0.25, 0.3) is 0 Å². The van der Waals surface area contributed by atoms with Crippen molar-refractivity contribution in [1.82, 2.24) is 4.98 Å². The van der Waals surface area contributed by atoms with Crippen molar-refractivity contribution < 1.29 is 14.3 Å². The summed E-state index contributed by atoms with van der Waals surface area (Å²) in [5.41, 5.74) is 0.195. The van der Waals surface area contributed by atoms with Crippen LogP contribution in [0.5, 0.6) is 0 Å². The number of esters is 1. The Hall–Kier alpha value is -0.770. The molecule has 20 heavy (non-hydrogen) atoms. The fraction of sp³-hybridized carbons (Fsp3) is 0.182. The topological polar surface area (TPSA) is 68.3 Å². The molecule has 0 bridgehead atoms. The van der Waals surface area contributed by atoms with Crippen LogP contribution in [0.3, 0.4) is 0 Å². The van der Waals surface area contributed by atoms with E-state index in [-0.39, 0.29) is 18.2 Å². The molecule has 0 aromatic carbocycles. The molecule has 0 saturated heterocycles. The first-order valence-corrected chi connectivity index (χ1v) is 8.68. The Kier molecular flexibility index (Phi) is 5.30. The zero-order valence-corrected chi connectivity index (χ0v) is 14.9. The molecule has 0 radical (unpaired) electrons. The molecule has 0 atom stereocenters. The molecule has 0 aliphatic heterocycles. The maximum Gasteiger partial charge on any atom is 0.357 e. The molecular formula is C11H8Br2N2O3S2. The van der Waals surface area contributed by atoms with Gasteiger partial charge < -0.3 is 4.74 Å². The number of aromatic nitrogens is 1. The molecule has 2 rings (SSSR count). The van der Waals surface area contributed by atoms with E-state index in [1.54, 1.807) is 18.4 Å². The number of ether oxygens (including phenoxy) is 1. The average Bonchev–Trinajstić information content (AvgIpc) is 2.98. The molecule has 106 valence electrons. The lowest BCUT2D eigenvalue weighted by atomic mass is 10.4. The molecule has 0 spiro atoms. The van der Waals surface area contributed by atoms with E-state index in [2.05, 4.69) is 42.2 Å². The van der Waals surface area contributed by atoms with E-state index in [9.17, 15) is 9.59 Å². The zero-order chi connectivity index (χ0) is 14.7. The second-order valence-electron chi connectivity index (χ2n) is 3.44. The highest BCUT2D eigenvalue weighted by molar-refractivity contribution is 9.13. The smallest absolute Gasteiger partial charge is 0.357 e. The summed E-state index contributed by atoms with van der Waals surface area (Å²) in [6, 6.07) is 1.71. The van der Waals surface area contributed by atoms with Crippen LogP contribution < -0.4 is 5.32 Å². The summed E-state index contributed by atoms with van der Waals surface area (Å²) in [6.07, 6.45) is 0. The number of carbonyl (C=O) groups is 2. The van der Waals surface area contributed by atoms with Crippen molar-refractivity contribution >= 4 is 71.5 Å². The molecule has 0 aliphatic carbocycles. The Morgan fingerprint density at radius 1 is 1.45 bits per heavy atom. The molecule has 0 fully saturated rings. The number of nitrogens with zero attached hydrogens (tertiary/aromatic N) is 1. The highest BCUT2D eigenvalue weighted by atomic mass is 79.9. The molecule has 9 heteroatoms. The molecule has 2 aromatic heterocycles. The van der Waals surface area contributed by atoms with E-state index in [0.29, 0.717) is 10.0 Å². The number of thiophene rings is 1. The van der Waals surface area contributed by atoms with E-state index in [4.69, 9.17) is 4.74 Å². The van der Waals surface area contributed by atoms with E-state index in [1.165, 1.54) is 22.7 Å². The number of hydrogen-bond donors (Lipinski definition) is 1. The van der Waals surface area contributed by atoms with Gasteiger partial charge in [0, 0.05) is 9.85 Å². The third-order valence-electron chi connectivity index (χ3n) is 2.08. The van der Waals surface area contributed by atoms with Gasteiger partial charge in [-0.25, -0.2) is 9.78 Å². The highest BCUT2D eigenvalue weighted by Crippen LogP contribution is 2.32. The Balaban J connectivity index is 2.07. The Morgan fingerprint density at radius 2 is 2.20 bits per heavy atom. The van der Waals surface area contributed by atoms with Crippen LogP contribution in [0.4, 0.5) is 5.13 Å². The lowest BCUT2D eigenvalue weighted by Gasteiger charge is -1.98. The summed E-state index contributed by atoms with van der Waals surface area (Å²) in [6.45, 7) is 2.01. The van der Waals surface area contributed by atoms with Crippen LogP contribution in [0.2, 0.25) is 0 Å². The molecule has 2 aromatic rings. The number of halogens is 2. The van der Waals surface area contributed by atoms with Crippen LogP contribution >= 0.6 is 54.5 Å². The number of nitrogens with one attached hydrogen (secondary N) is 1. The van der Waals surface area contributed by atoms with Crippen molar-refractivity contribution in [3.05, 3.63) is 30.3 Å². The second-order valence-corrected chi connectivity index (χ2v) is 7.53. The van der Waals surface area contributed by atoms with Gasteiger partial charge in [0.15, 0.2) is 10.8 Å². The first-order chi connectivity index (χ1) is 9.51. The van der Waals surface area contributed by atoms with Crippen molar-refractivity contribution in [2.45, 2.75) is 6.92 Å². The van der Waals surface area contributed by atoms with E-state index >= 15 is 0 Å². The number of rotatable bonds is 4. The molecule has 2 heterocycles. The summed E-state index contributed by atoms with van der Waals surface area (Å²) >= 11 is 9.13. The maximum atomic E-state index is 12.0. The van der Waals surface area contributed by atoms with Gasteiger partial charge in [-0.2, -0.15) is 0 Å². The number of thiazole rings is 1. The summed E-state index contributed by atoms with van der Waals surface area (Å²) in [4.78, 5) is 28.0. The number of hydrogen-bond acceptors (Lipinski definition) is 6. The normalized spacial score (nSPS) is 10.3. The number of anilines is 1. The third-order valence-corrected chi connectivity index (χ3v) is 6.09. The molecule has 0 aliphatic rings. The molecule has 0 saturated carbocycles. The van der Waals surface area contributed by atoms with Crippen molar-refractivity contribution in [2.24, 2.45) is 0 Å². The van der Waals surface area contributed by atoms with Gasteiger partial charge in [-0.15, -0.1) is 22.7 Å². The van der Waals surface area contributed by atoms with Gasteiger partial charge >= 0.3 is 5.97 Å². The van der Waals surface area contributed by atoms with Crippen molar-refractivity contribution in [3.8, 4) is 0 Å². The van der Waals surface area contributed by atoms with Gasteiger partial charge in [-0.1, -0.05) is 0 Å². The molecule has 0 unspecified atom stereocenters. The number of carbonyl (C=O) groups excluding carboxylic acids is 2. The van der Waals surface area contributed by atoms with Gasteiger partial charge in [0.2, 0.25) is 0 Å². The van der Waals surface area contributed by atoms with Crippen LogP contribution in [0, 0.1) is 0 Å². The molecule has 1 N–H and O–H groups in total. The minimum absolute atomic E-state index is 0.195. The van der Waals surface area contributed by atoms with Crippen molar-refractivity contribution in [1.29, 1.82) is 0 Å². The summed E-state index contributed by atoms with van der Waals surface area (Å²) in [5.74, 6) is -0.767. The van der Waals surface area contributed by atoms with Gasteiger partial charge in [0.25, 0.3) is 5.91 Å². The standard InChI is InChI=1S/C11H8Br2N2O3S2/c1-2-18-10(17)6-4-19-11(14-6)15-9(16)7-3-5(12)8(13)20-7/h3-4H,2H2,1H3,(H,14,15,16). The fourth-order valence-corrected chi connectivity index (χ4v) is 3.85. The average molecular weight is 440 g/mol. The van der Waals surface area contributed by atoms with Gasteiger partial charge in [0.05, 0.1) is 15.3 Å². The van der Waals surface area contributed by atoms with Crippen LogP contribution in [-0.2, 0) is 4.74 Å². The lowest BCUT2D eigenvalue weighted by molar-refractivity contribution is 0.0520. The first-order valence-electron chi connectivity index (χ1n) is 5.40. The highest BCUT2D eigenvalue weighted by Gasteiger charge is 2.16. The second kappa shape index (κ2) is 6.79. The quantitative estimate of drug-likeness (QED) is 0.726. The van der Waals surface area contributed by atoms with E-state index in [1.807, 2.05) is 0 Å².